The first-order chi connectivity index (χ1) is 2.64. The van der Waals surface area contributed by atoms with Crippen molar-refractivity contribution < 1.29 is 8.78 Å². The second kappa shape index (κ2) is 2.13. The SMILES string of the molecule is CC(Cl)=C(F)F. The maximum absolute atomic E-state index is 10.9. The van der Waals surface area contributed by atoms with E-state index in [2.05, 4.69) is 0 Å². The zero-order chi connectivity index (χ0) is 5.15. The van der Waals surface area contributed by atoms with E-state index in [9.17, 15) is 8.78 Å². The molecule has 3 heteroatoms. The number of rotatable bonds is 0. The molecule has 0 fully saturated rings. The van der Waals surface area contributed by atoms with Crippen molar-refractivity contribution in [2.75, 3.05) is 0 Å². The van der Waals surface area contributed by atoms with Gasteiger partial charge >= 0.3 is 0 Å². The van der Waals surface area contributed by atoms with Crippen LogP contribution in [0, 0.1) is 0 Å². The summed E-state index contributed by atoms with van der Waals surface area (Å²) in [6.45, 7) is 1.14. The van der Waals surface area contributed by atoms with Gasteiger partial charge < -0.3 is 0 Å². The quantitative estimate of drug-likeness (QED) is 0.451. The summed E-state index contributed by atoms with van der Waals surface area (Å²) in [5.74, 6) is 0. The van der Waals surface area contributed by atoms with Gasteiger partial charge in [0.15, 0.2) is 0 Å². The largest absolute Gasteiger partial charge is 0.284 e. The summed E-state index contributed by atoms with van der Waals surface area (Å²) >= 11 is 4.74. The van der Waals surface area contributed by atoms with Crippen LogP contribution in [-0.2, 0) is 0 Å². The number of hydrogen-bond donors (Lipinski definition) is 0. The van der Waals surface area contributed by atoms with Crippen molar-refractivity contribution in [1.29, 1.82) is 0 Å². The van der Waals surface area contributed by atoms with E-state index in [0.29, 0.717) is 0 Å². The summed E-state index contributed by atoms with van der Waals surface area (Å²) in [4.78, 5) is 0. The average Bonchev–Trinajstić information content (AvgIpc) is 1.36. The molecule has 0 bridgehead atoms. The van der Waals surface area contributed by atoms with Crippen molar-refractivity contribution in [1.82, 2.24) is 0 Å². The van der Waals surface area contributed by atoms with Crippen LogP contribution in [0.1, 0.15) is 6.92 Å². The van der Waals surface area contributed by atoms with Crippen molar-refractivity contribution in [3.63, 3.8) is 0 Å². The van der Waals surface area contributed by atoms with Crippen LogP contribution >= 0.6 is 11.6 Å². The Balaban J connectivity index is 3.68. The Morgan fingerprint density at radius 2 is 1.67 bits per heavy atom. The third kappa shape index (κ3) is 2.15. The first-order valence-electron chi connectivity index (χ1n) is 1.32. The van der Waals surface area contributed by atoms with Gasteiger partial charge in [-0.15, -0.1) is 0 Å². The van der Waals surface area contributed by atoms with Gasteiger partial charge in [-0.25, -0.2) is 0 Å². The maximum Gasteiger partial charge on any atom is 0.284 e. The fraction of sp³-hybridized carbons (Fsp3) is 0.333. The maximum atomic E-state index is 10.9. The van der Waals surface area contributed by atoms with Crippen LogP contribution in [0.3, 0.4) is 0 Å². The van der Waals surface area contributed by atoms with Crippen LogP contribution in [0.25, 0.3) is 0 Å². The molecule has 0 aliphatic carbocycles. The lowest BCUT2D eigenvalue weighted by Gasteiger charge is -1.75. The number of hydrogen-bond acceptors (Lipinski definition) is 0. The second-order valence-electron chi connectivity index (χ2n) is 0.794. The van der Waals surface area contributed by atoms with Gasteiger partial charge in [0.25, 0.3) is 6.08 Å². The van der Waals surface area contributed by atoms with Crippen molar-refractivity contribution in [3.05, 3.63) is 11.1 Å². The van der Waals surface area contributed by atoms with E-state index in [-0.39, 0.29) is 0 Å². The molecule has 0 aliphatic heterocycles. The molecule has 0 spiro atoms. The molecule has 0 radical (unpaired) electrons. The van der Waals surface area contributed by atoms with Crippen LogP contribution in [0.5, 0.6) is 0 Å². The van der Waals surface area contributed by atoms with Crippen LogP contribution < -0.4 is 0 Å². The van der Waals surface area contributed by atoms with E-state index in [1.807, 2.05) is 0 Å². The molecule has 0 aromatic carbocycles. The third-order valence-corrected chi connectivity index (χ3v) is 0.403. The Bertz CT molecular complexity index is 58.9. The van der Waals surface area contributed by atoms with Crippen molar-refractivity contribution in [2.45, 2.75) is 6.92 Å². The van der Waals surface area contributed by atoms with Crippen LogP contribution in [0.2, 0.25) is 0 Å². The van der Waals surface area contributed by atoms with Gasteiger partial charge in [-0.1, -0.05) is 11.6 Å². The Morgan fingerprint density at radius 3 is 1.67 bits per heavy atom. The van der Waals surface area contributed by atoms with Crippen molar-refractivity contribution in [3.8, 4) is 0 Å². The molecule has 0 saturated heterocycles. The lowest BCUT2D eigenvalue weighted by Crippen LogP contribution is -1.57. The highest BCUT2D eigenvalue weighted by Gasteiger charge is 1.89. The molecule has 0 aromatic rings. The summed E-state index contributed by atoms with van der Waals surface area (Å²) in [6.07, 6.45) is -1.81. The van der Waals surface area contributed by atoms with E-state index in [1.165, 1.54) is 0 Å². The van der Waals surface area contributed by atoms with Crippen LogP contribution in [0.4, 0.5) is 8.78 Å². The summed E-state index contributed by atoms with van der Waals surface area (Å²) in [7, 11) is 0. The summed E-state index contributed by atoms with van der Waals surface area (Å²) in [5, 5.41) is -0.435. The number of halogens is 3. The molecule has 0 saturated carbocycles. The topological polar surface area (TPSA) is 0 Å². The first kappa shape index (κ1) is 5.89. The molecule has 0 unspecified atom stereocenters. The minimum atomic E-state index is -1.81. The number of allylic oxidation sites excluding steroid dienone is 1. The Labute approximate surface area is 39.4 Å². The molecule has 0 N–H and O–H groups in total. The molecule has 36 valence electrons. The predicted molar refractivity (Wildman–Crippen MR) is 20.8 cm³/mol. The molecule has 0 aromatic heterocycles. The normalized spacial score (nSPS) is 8.00. The fourth-order valence-electron chi connectivity index (χ4n) is 0. The van der Waals surface area contributed by atoms with Crippen molar-refractivity contribution in [2.24, 2.45) is 0 Å². The van der Waals surface area contributed by atoms with Gasteiger partial charge in [-0.3, -0.25) is 0 Å². The molecular weight excluding hydrogens is 109 g/mol. The average molecular weight is 113 g/mol. The fourth-order valence-corrected chi connectivity index (χ4v) is 0. The molecule has 0 amide bonds. The lowest BCUT2D eigenvalue weighted by molar-refractivity contribution is 0.417. The van der Waals surface area contributed by atoms with E-state index >= 15 is 0 Å². The van der Waals surface area contributed by atoms with E-state index in [4.69, 9.17) is 11.6 Å². The molecule has 6 heavy (non-hydrogen) atoms. The zero-order valence-corrected chi connectivity index (χ0v) is 3.89. The van der Waals surface area contributed by atoms with Crippen LogP contribution in [0.15, 0.2) is 11.1 Å². The second-order valence-corrected chi connectivity index (χ2v) is 1.36. The van der Waals surface area contributed by atoms with Gasteiger partial charge in [0, 0.05) is 0 Å². The Morgan fingerprint density at radius 1 is 1.50 bits per heavy atom. The minimum Gasteiger partial charge on any atom is -0.172 e. The van der Waals surface area contributed by atoms with Gasteiger partial charge in [-0.05, 0) is 6.92 Å². The van der Waals surface area contributed by atoms with E-state index in [1.54, 1.807) is 0 Å². The lowest BCUT2D eigenvalue weighted by atomic mass is 10.7. The first-order valence-corrected chi connectivity index (χ1v) is 1.69. The Hall–Kier alpha value is -0.110. The smallest absolute Gasteiger partial charge is 0.172 e. The summed E-state index contributed by atoms with van der Waals surface area (Å²) < 4.78 is 21.8. The molecule has 0 rings (SSSR count). The van der Waals surface area contributed by atoms with E-state index in [0.717, 1.165) is 6.92 Å². The standard InChI is InChI=1S/C3H3ClF2/c1-2(4)3(5)6/h1H3. The van der Waals surface area contributed by atoms with Gasteiger partial charge in [0.1, 0.15) is 0 Å². The van der Waals surface area contributed by atoms with Crippen molar-refractivity contribution >= 4 is 11.6 Å². The van der Waals surface area contributed by atoms with Crippen LogP contribution in [-0.4, -0.2) is 0 Å². The predicted octanol–water partition coefficient (Wildman–Crippen LogP) is 2.35. The molecular formula is C3H3ClF2. The van der Waals surface area contributed by atoms with E-state index < -0.39 is 11.1 Å². The molecule has 0 nitrogen and oxygen atoms in total. The van der Waals surface area contributed by atoms with Gasteiger partial charge in [-0.2, -0.15) is 8.78 Å². The molecule has 0 aliphatic rings. The monoisotopic (exact) mass is 112 g/mol. The Kier molecular flexibility index (Phi) is 2.09. The molecule has 0 heterocycles. The highest BCUT2D eigenvalue weighted by Crippen LogP contribution is 2.08. The van der Waals surface area contributed by atoms with Gasteiger partial charge in [0.05, 0.1) is 5.03 Å². The molecule has 0 atom stereocenters. The minimum absolute atomic E-state index is 0.435. The summed E-state index contributed by atoms with van der Waals surface area (Å²) in [6, 6.07) is 0. The highest BCUT2D eigenvalue weighted by molar-refractivity contribution is 6.29. The third-order valence-electron chi connectivity index (χ3n) is 0.260. The highest BCUT2D eigenvalue weighted by atomic mass is 35.5. The van der Waals surface area contributed by atoms with Gasteiger partial charge in [0.2, 0.25) is 0 Å². The zero-order valence-electron chi connectivity index (χ0n) is 3.13. The summed E-state index contributed by atoms with van der Waals surface area (Å²) in [5.41, 5.74) is 0.